The molecule has 0 saturated heterocycles. The largest absolute Gasteiger partial charge is 0.469 e. The van der Waals surface area contributed by atoms with Gasteiger partial charge < -0.3 is 4.74 Å². The summed E-state index contributed by atoms with van der Waals surface area (Å²) in [5.74, 6) is -0.433. The van der Waals surface area contributed by atoms with Gasteiger partial charge in [0, 0.05) is 12.8 Å². The van der Waals surface area contributed by atoms with Gasteiger partial charge in [0.1, 0.15) is 12.2 Å². The number of ether oxygens (including phenoxy) is 1. The van der Waals surface area contributed by atoms with Gasteiger partial charge in [0.2, 0.25) is 5.24 Å². The molecule has 0 radical (unpaired) electrons. The SMILES string of the molecule is CCCCCCCC(=O)CC(=O)OC.CCCCCCCC(=O)Cl. The first-order valence-corrected chi connectivity index (χ1v) is 9.62. The maximum atomic E-state index is 11.1. The van der Waals surface area contributed by atoms with Crippen LogP contribution in [0.1, 0.15) is 97.3 Å². The molecule has 0 rings (SSSR count). The van der Waals surface area contributed by atoms with E-state index in [4.69, 9.17) is 11.6 Å². The quantitative estimate of drug-likeness (QED) is 0.175. The highest BCUT2D eigenvalue weighted by Gasteiger charge is 2.08. The summed E-state index contributed by atoms with van der Waals surface area (Å²) in [7, 11) is 1.30. The predicted octanol–water partition coefficient (Wildman–Crippen LogP) is 5.59. The molecule has 0 aromatic rings. The van der Waals surface area contributed by atoms with E-state index in [1.807, 2.05) is 0 Å². The second kappa shape index (κ2) is 20.1. The number of hydrogen-bond acceptors (Lipinski definition) is 4. The number of methoxy groups -OCH3 is 1. The van der Waals surface area contributed by atoms with Gasteiger partial charge in [0.05, 0.1) is 7.11 Å². The van der Waals surface area contributed by atoms with Crippen LogP contribution in [0.15, 0.2) is 0 Å². The minimum Gasteiger partial charge on any atom is -0.469 e. The average molecular weight is 363 g/mol. The number of esters is 1. The molecule has 0 heterocycles. The van der Waals surface area contributed by atoms with Gasteiger partial charge in [0.15, 0.2) is 0 Å². The van der Waals surface area contributed by atoms with Crippen molar-refractivity contribution in [3.63, 3.8) is 0 Å². The Bertz CT molecular complexity index is 329. The molecule has 0 aromatic heterocycles. The molecule has 0 unspecified atom stereocenters. The molecule has 0 aliphatic carbocycles. The molecule has 0 spiro atoms. The van der Waals surface area contributed by atoms with Crippen molar-refractivity contribution >= 4 is 28.6 Å². The number of carbonyl (C=O) groups excluding carboxylic acids is 3. The molecule has 142 valence electrons. The lowest BCUT2D eigenvalue weighted by Crippen LogP contribution is -2.08. The summed E-state index contributed by atoms with van der Waals surface area (Å²) in [5.41, 5.74) is 0. The molecule has 24 heavy (non-hydrogen) atoms. The first-order chi connectivity index (χ1) is 11.5. The van der Waals surface area contributed by atoms with E-state index in [1.165, 1.54) is 45.6 Å². The van der Waals surface area contributed by atoms with Crippen molar-refractivity contribution < 1.29 is 19.1 Å². The second-order valence-corrected chi connectivity index (χ2v) is 6.40. The molecule has 5 heteroatoms. The third kappa shape index (κ3) is 23.4. The Morgan fingerprint density at radius 1 is 0.750 bits per heavy atom. The van der Waals surface area contributed by atoms with Crippen LogP contribution >= 0.6 is 11.6 Å². The molecule has 0 aliphatic rings. The Labute approximate surface area is 152 Å². The molecular formula is C19H35ClO4. The summed E-state index contributed by atoms with van der Waals surface area (Å²) in [6.07, 6.45) is 12.5. The molecule has 0 saturated carbocycles. The van der Waals surface area contributed by atoms with E-state index in [9.17, 15) is 14.4 Å². The Morgan fingerprint density at radius 3 is 1.62 bits per heavy atom. The Hall–Kier alpha value is -0.900. The lowest BCUT2D eigenvalue weighted by molar-refractivity contribution is -0.143. The minimum atomic E-state index is -0.427. The van der Waals surface area contributed by atoms with Gasteiger partial charge in [-0.25, -0.2) is 0 Å². The van der Waals surface area contributed by atoms with Crippen molar-refractivity contribution in [3.05, 3.63) is 0 Å². The molecule has 0 fully saturated rings. The highest BCUT2D eigenvalue weighted by molar-refractivity contribution is 6.63. The molecule has 0 aromatic carbocycles. The standard InChI is InChI=1S/C11H20O3.C8H15ClO/c1-3-4-5-6-7-8-10(12)9-11(13)14-2;1-2-3-4-5-6-7-8(9)10/h3-9H2,1-2H3;2-7H2,1H3. The molecule has 0 N–H and O–H groups in total. The summed E-state index contributed by atoms with van der Waals surface area (Å²) >= 11 is 5.15. The summed E-state index contributed by atoms with van der Waals surface area (Å²) in [6, 6.07) is 0. The summed E-state index contributed by atoms with van der Waals surface area (Å²) in [4.78, 5) is 32.1. The van der Waals surface area contributed by atoms with E-state index >= 15 is 0 Å². The first-order valence-electron chi connectivity index (χ1n) is 9.24. The fourth-order valence-electron chi connectivity index (χ4n) is 2.11. The lowest BCUT2D eigenvalue weighted by atomic mass is 10.1. The highest BCUT2D eigenvalue weighted by atomic mass is 35.5. The number of rotatable bonds is 14. The van der Waals surface area contributed by atoms with Crippen LogP contribution in [0.3, 0.4) is 0 Å². The van der Waals surface area contributed by atoms with Crippen LogP contribution in [0.4, 0.5) is 0 Å². The van der Waals surface area contributed by atoms with Crippen LogP contribution in [0.25, 0.3) is 0 Å². The Balaban J connectivity index is 0. The van der Waals surface area contributed by atoms with Gasteiger partial charge in [-0.15, -0.1) is 0 Å². The van der Waals surface area contributed by atoms with Gasteiger partial charge >= 0.3 is 5.97 Å². The van der Waals surface area contributed by atoms with E-state index in [-0.39, 0.29) is 17.4 Å². The third-order valence-corrected chi connectivity index (χ3v) is 3.79. The topological polar surface area (TPSA) is 60.4 Å². The van der Waals surface area contributed by atoms with E-state index in [0.717, 1.165) is 25.7 Å². The maximum absolute atomic E-state index is 11.1. The van der Waals surface area contributed by atoms with Gasteiger partial charge in [-0.2, -0.15) is 0 Å². The fourth-order valence-corrected chi connectivity index (χ4v) is 2.25. The number of hydrogen-bond donors (Lipinski definition) is 0. The normalized spacial score (nSPS) is 9.83. The van der Waals surface area contributed by atoms with Crippen LogP contribution in [-0.4, -0.2) is 24.1 Å². The zero-order valence-electron chi connectivity index (χ0n) is 15.7. The molecule has 0 amide bonds. The summed E-state index contributed by atoms with van der Waals surface area (Å²) < 4.78 is 4.41. The van der Waals surface area contributed by atoms with Crippen LogP contribution in [0.5, 0.6) is 0 Å². The molecule has 0 atom stereocenters. The van der Waals surface area contributed by atoms with Crippen LogP contribution < -0.4 is 0 Å². The van der Waals surface area contributed by atoms with E-state index in [1.54, 1.807) is 0 Å². The predicted molar refractivity (Wildman–Crippen MR) is 99.3 cm³/mol. The van der Waals surface area contributed by atoms with Crippen molar-refractivity contribution in [3.8, 4) is 0 Å². The molecule has 4 nitrogen and oxygen atoms in total. The van der Waals surface area contributed by atoms with Crippen molar-refractivity contribution in [2.45, 2.75) is 97.3 Å². The first kappa shape index (κ1) is 25.3. The van der Waals surface area contributed by atoms with Crippen LogP contribution in [0, 0.1) is 0 Å². The van der Waals surface area contributed by atoms with Crippen LogP contribution in [-0.2, 0) is 19.1 Å². The van der Waals surface area contributed by atoms with Crippen molar-refractivity contribution in [1.82, 2.24) is 0 Å². The van der Waals surface area contributed by atoms with Gasteiger partial charge in [-0.05, 0) is 24.4 Å². The zero-order chi connectivity index (χ0) is 18.6. The number of carbonyl (C=O) groups is 3. The number of halogens is 1. The van der Waals surface area contributed by atoms with Gasteiger partial charge in [-0.3, -0.25) is 14.4 Å². The van der Waals surface area contributed by atoms with Gasteiger partial charge in [0.25, 0.3) is 0 Å². The monoisotopic (exact) mass is 362 g/mol. The Morgan fingerprint density at radius 2 is 1.21 bits per heavy atom. The Kier molecular flexibility index (Phi) is 21.3. The fraction of sp³-hybridized carbons (Fsp3) is 0.842. The summed E-state index contributed by atoms with van der Waals surface area (Å²) in [6.45, 7) is 4.33. The summed E-state index contributed by atoms with van der Waals surface area (Å²) in [5, 5.41) is -0.198. The van der Waals surface area contributed by atoms with Crippen LogP contribution in [0.2, 0.25) is 0 Å². The third-order valence-electron chi connectivity index (χ3n) is 3.61. The van der Waals surface area contributed by atoms with Gasteiger partial charge in [-0.1, -0.05) is 65.2 Å². The van der Waals surface area contributed by atoms with E-state index in [2.05, 4.69) is 18.6 Å². The molecule has 0 bridgehead atoms. The number of Topliss-reactive ketones (excluding diaryl/α,β-unsaturated/α-hetero) is 1. The van der Waals surface area contributed by atoms with Crippen molar-refractivity contribution in [2.75, 3.05) is 7.11 Å². The number of unbranched alkanes of at least 4 members (excludes halogenated alkanes) is 8. The van der Waals surface area contributed by atoms with Crippen molar-refractivity contribution in [2.24, 2.45) is 0 Å². The molecular weight excluding hydrogens is 328 g/mol. The minimum absolute atomic E-state index is 0.00616. The average Bonchev–Trinajstić information content (AvgIpc) is 2.54. The number of ketones is 1. The maximum Gasteiger partial charge on any atom is 0.313 e. The smallest absolute Gasteiger partial charge is 0.313 e. The zero-order valence-corrected chi connectivity index (χ0v) is 16.5. The second-order valence-electron chi connectivity index (χ2n) is 5.98. The van der Waals surface area contributed by atoms with Crippen molar-refractivity contribution in [1.29, 1.82) is 0 Å². The van der Waals surface area contributed by atoms with E-state index in [0.29, 0.717) is 12.8 Å². The lowest BCUT2D eigenvalue weighted by Gasteiger charge is -2.00. The molecule has 0 aliphatic heterocycles. The van der Waals surface area contributed by atoms with E-state index < -0.39 is 5.97 Å². The highest BCUT2D eigenvalue weighted by Crippen LogP contribution is 2.07.